The number of nitrogens with zero attached hydrogens (tertiary/aromatic N) is 2. The highest BCUT2D eigenvalue weighted by molar-refractivity contribution is 7.90. The molecule has 0 atom stereocenters. The van der Waals surface area contributed by atoms with E-state index in [4.69, 9.17) is 9.15 Å². The van der Waals surface area contributed by atoms with Crippen molar-refractivity contribution in [3.63, 3.8) is 0 Å². The normalized spacial score (nSPS) is 11.5. The van der Waals surface area contributed by atoms with E-state index in [0.29, 0.717) is 28.5 Å². The molecular weight excluding hydrogens is 423 g/mol. The largest absolute Gasteiger partial charge is 0.495 e. The number of H-pyrrole nitrogens is 1. The fourth-order valence-electron chi connectivity index (χ4n) is 3.00. The number of methoxy groups -OCH3 is 1. The van der Waals surface area contributed by atoms with Crippen LogP contribution in [-0.4, -0.2) is 30.7 Å². The van der Waals surface area contributed by atoms with Crippen LogP contribution in [0.15, 0.2) is 64.0 Å². The molecule has 2 heterocycles. The number of hydrogen-bond donors (Lipinski definition) is 2. The number of aromatic amines is 1. The van der Waals surface area contributed by atoms with Crippen molar-refractivity contribution < 1.29 is 22.0 Å². The fourth-order valence-corrected chi connectivity index (χ4v) is 4.28. The van der Waals surface area contributed by atoms with Crippen LogP contribution >= 0.6 is 0 Å². The molecule has 0 spiro atoms. The summed E-state index contributed by atoms with van der Waals surface area (Å²) < 4.78 is 49.8. The summed E-state index contributed by atoms with van der Waals surface area (Å²) in [6.45, 7) is 1.80. The van der Waals surface area contributed by atoms with Crippen LogP contribution in [0.3, 0.4) is 0 Å². The number of aromatic nitrogens is 3. The molecule has 0 aliphatic carbocycles. The number of anilines is 2. The van der Waals surface area contributed by atoms with E-state index < -0.39 is 9.84 Å². The molecule has 0 fully saturated rings. The monoisotopic (exact) mass is 442 g/mol. The second kappa shape index (κ2) is 8.23. The number of halogens is 1. The molecule has 4 rings (SSSR count). The highest BCUT2D eigenvalue weighted by Gasteiger charge is 2.20. The summed E-state index contributed by atoms with van der Waals surface area (Å²) in [4.78, 5) is 4.26. The van der Waals surface area contributed by atoms with Gasteiger partial charge in [-0.3, -0.25) is 5.10 Å². The van der Waals surface area contributed by atoms with Gasteiger partial charge in [0.1, 0.15) is 11.6 Å². The molecule has 0 saturated heterocycles. The van der Waals surface area contributed by atoms with Gasteiger partial charge in [-0.2, -0.15) is 5.10 Å². The van der Waals surface area contributed by atoms with Crippen LogP contribution in [0.4, 0.5) is 16.1 Å². The quantitative estimate of drug-likeness (QED) is 0.440. The number of oxazole rings is 1. The van der Waals surface area contributed by atoms with Gasteiger partial charge < -0.3 is 14.5 Å². The van der Waals surface area contributed by atoms with Crippen LogP contribution in [0.1, 0.15) is 11.4 Å². The number of hydrogen-bond acceptors (Lipinski definition) is 7. The van der Waals surface area contributed by atoms with Crippen LogP contribution < -0.4 is 10.1 Å². The topological polar surface area (TPSA) is 110 Å². The Bertz CT molecular complexity index is 1310. The highest BCUT2D eigenvalue weighted by atomic mass is 32.2. The van der Waals surface area contributed by atoms with Crippen molar-refractivity contribution in [3.8, 4) is 17.1 Å². The lowest BCUT2D eigenvalue weighted by Crippen LogP contribution is -2.06. The van der Waals surface area contributed by atoms with E-state index in [1.54, 1.807) is 31.2 Å². The number of ether oxygens (including phenoxy) is 1. The minimum Gasteiger partial charge on any atom is -0.495 e. The Labute approximate surface area is 178 Å². The molecule has 2 aromatic carbocycles. The van der Waals surface area contributed by atoms with Gasteiger partial charge in [0, 0.05) is 11.3 Å². The molecule has 0 aliphatic rings. The van der Waals surface area contributed by atoms with Crippen molar-refractivity contribution in [1.82, 2.24) is 15.2 Å². The summed E-state index contributed by atoms with van der Waals surface area (Å²) in [5.41, 5.74) is 2.23. The van der Waals surface area contributed by atoms with E-state index in [1.165, 1.54) is 37.6 Å². The van der Waals surface area contributed by atoms with Crippen molar-refractivity contribution in [2.24, 2.45) is 0 Å². The van der Waals surface area contributed by atoms with Gasteiger partial charge in [-0.15, -0.1) is 0 Å². The minimum atomic E-state index is -3.65. The zero-order chi connectivity index (χ0) is 22.0. The summed E-state index contributed by atoms with van der Waals surface area (Å²) in [6.07, 6.45) is 1.49. The third-order valence-corrected chi connectivity index (χ3v) is 6.15. The van der Waals surface area contributed by atoms with E-state index in [2.05, 4.69) is 20.5 Å². The second-order valence-corrected chi connectivity index (χ2v) is 8.81. The smallest absolute Gasteiger partial charge is 0.299 e. The molecule has 160 valence electrons. The van der Waals surface area contributed by atoms with Gasteiger partial charge in [0.25, 0.3) is 6.01 Å². The maximum atomic E-state index is 13.1. The summed E-state index contributed by atoms with van der Waals surface area (Å²) in [5, 5.41) is 9.67. The minimum absolute atomic E-state index is 0.0989. The maximum Gasteiger partial charge on any atom is 0.299 e. The zero-order valence-electron chi connectivity index (χ0n) is 16.7. The van der Waals surface area contributed by atoms with Crippen LogP contribution in [0.2, 0.25) is 0 Å². The SMILES string of the molecule is COc1ccc(S(=O)(=O)Cc2cc(C)[nH]n2)cc1Nc1ncc(-c2ccc(F)cc2)o1. The van der Waals surface area contributed by atoms with Gasteiger partial charge in [0.15, 0.2) is 15.6 Å². The lowest BCUT2D eigenvalue weighted by atomic mass is 10.2. The Kier molecular flexibility index (Phi) is 5.47. The second-order valence-electron chi connectivity index (χ2n) is 6.83. The molecule has 0 aliphatic heterocycles. The van der Waals surface area contributed by atoms with Gasteiger partial charge in [-0.1, -0.05) is 0 Å². The number of nitrogens with one attached hydrogen (secondary N) is 2. The van der Waals surface area contributed by atoms with Crippen LogP contribution in [-0.2, 0) is 15.6 Å². The molecule has 0 unspecified atom stereocenters. The number of rotatable bonds is 7. The van der Waals surface area contributed by atoms with Gasteiger partial charge >= 0.3 is 0 Å². The van der Waals surface area contributed by atoms with Gasteiger partial charge in [-0.05, 0) is 55.5 Å². The van der Waals surface area contributed by atoms with Crippen molar-refractivity contribution in [2.75, 3.05) is 12.4 Å². The third-order valence-electron chi connectivity index (χ3n) is 4.50. The van der Waals surface area contributed by atoms with E-state index in [0.717, 1.165) is 5.69 Å². The van der Waals surface area contributed by atoms with Crippen LogP contribution in [0.25, 0.3) is 11.3 Å². The molecule has 31 heavy (non-hydrogen) atoms. The van der Waals surface area contributed by atoms with Crippen molar-refractivity contribution >= 4 is 21.5 Å². The van der Waals surface area contributed by atoms with E-state index >= 15 is 0 Å². The number of sulfone groups is 1. The lowest BCUT2D eigenvalue weighted by molar-refractivity contribution is 0.416. The number of benzene rings is 2. The Hall–Kier alpha value is -3.66. The molecule has 0 amide bonds. The molecule has 8 nitrogen and oxygen atoms in total. The van der Waals surface area contributed by atoms with Crippen molar-refractivity contribution in [2.45, 2.75) is 17.6 Å². The molecule has 0 bridgehead atoms. The van der Waals surface area contributed by atoms with Gasteiger partial charge in [0.2, 0.25) is 0 Å². The van der Waals surface area contributed by atoms with E-state index in [-0.39, 0.29) is 22.5 Å². The first-order chi connectivity index (χ1) is 14.8. The number of aryl methyl sites for hydroxylation is 1. The molecule has 0 radical (unpaired) electrons. The summed E-state index contributed by atoms with van der Waals surface area (Å²) in [6, 6.07) is 12.1. The summed E-state index contributed by atoms with van der Waals surface area (Å²) in [7, 11) is -2.17. The van der Waals surface area contributed by atoms with Crippen LogP contribution in [0, 0.1) is 12.7 Å². The van der Waals surface area contributed by atoms with Crippen molar-refractivity contribution in [3.05, 3.63) is 71.9 Å². The third kappa shape index (κ3) is 4.58. The lowest BCUT2D eigenvalue weighted by Gasteiger charge is -2.11. The molecule has 2 aromatic heterocycles. The van der Waals surface area contributed by atoms with E-state index in [1.807, 2.05) is 0 Å². The van der Waals surface area contributed by atoms with Gasteiger partial charge in [-0.25, -0.2) is 17.8 Å². The first-order valence-electron chi connectivity index (χ1n) is 9.24. The first kappa shape index (κ1) is 20.6. The maximum absolute atomic E-state index is 13.1. The fraction of sp³-hybridized carbons (Fsp3) is 0.143. The molecule has 10 heteroatoms. The Morgan fingerprint density at radius 1 is 1.16 bits per heavy atom. The highest BCUT2D eigenvalue weighted by Crippen LogP contribution is 2.32. The average molecular weight is 442 g/mol. The average Bonchev–Trinajstić information content (AvgIpc) is 3.37. The summed E-state index contributed by atoms with van der Waals surface area (Å²) >= 11 is 0. The van der Waals surface area contributed by atoms with Crippen LogP contribution in [0.5, 0.6) is 5.75 Å². The van der Waals surface area contributed by atoms with Crippen molar-refractivity contribution in [1.29, 1.82) is 0 Å². The predicted molar refractivity (Wildman–Crippen MR) is 112 cm³/mol. The Morgan fingerprint density at radius 2 is 1.94 bits per heavy atom. The standard InChI is InChI=1S/C21H19FN4O4S/c1-13-9-16(26-25-13)12-31(27,28)17-7-8-19(29-2)18(10-17)24-21-23-11-20(30-21)14-3-5-15(22)6-4-14/h3-11H,12H2,1-2H3,(H,23,24)(H,25,26). The van der Waals surface area contributed by atoms with E-state index in [9.17, 15) is 12.8 Å². The molecule has 4 aromatic rings. The first-order valence-corrected chi connectivity index (χ1v) is 10.9. The molecule has 0 saturated carbocycles. The zero-order valence-corrected chi connectivity index (χ0v) is 17.5. The summed E-state index contributed by atoms with van der Waals surface area (Å²) in [5.74, 6) is 0.251. The predicted octanol–water partition coefficient (Wildman–Crippen LogP) is 4.24. The Balaban J connectivity index is 1.60. The molecule has 2 N–H and O–H groups in total. The Morgan fingerprint density at radius 3 is 2.61 bits per heavy atom. The van der Waals surface area contributed by atoms with Gasteiger partial charge in [0.05, 0.1) is 35.3 Å². The molecular formula is C21H19FN4O4S.